The van der Waals surface area contributed by atoms with E-state index in [-0.39, 0.29) is 11.8 Å². The predicted molar refractivity (Wildman–Crippen MR) is 94.9 cm³/mol. The van der Waals surface area contributed by atoms with Crippen molar-refractivity contribution in [3.05, 3.63) is 53.7 Å². The minimum Gasteiger partial charge on any atom is -0.365 e. The van der Waals surface area contributed by atoms with Crippen LogP contribution >= 0.6 is 0 Å². The van der Waals surface area contributed by atoms with Gasteiger partial charge in [-0.1, -0.05) is 19.1 Å². The van der Waals surface area contributed by atoms with Gasteiger partial charge in [0.2, 0.25) is 5.91 Å². The van der Waals surface area contributed by atoms with Crippen LogP contribution in [0.4, 0.5) is 11.5 Å². The standard InChI is InChI=1S/C18H22N4O2/c1-3-5-16(23)22-14-9-7-13(8-10-14)12-21-17-15(18(24)19-2)6-4-11-20-17/h4,6-11H,3,5,12H2,1-2H3,(H,19,24)(H,20,21)(H,22,23). The van der Waals surface area contributed by atoms with Crippen molar-refractivity contribution in [1.29, 1.82) is 0 Å². The van der Waals surface area contributed by atoms with Crippen LogP contribution in [0.2, 0.25) is 0 Å². The van der Waals surface area contributed by atoms with Gasteiger partial charge < -0.3 is 16.0 Å². The third-order valence-electron chi connectivity index (χ3n) is 3.45. The molecule has 1 aromatic carbocycles. The fourth-order valence-corrected chi connectivity index (χ4v) is 2.21. The number of amides is 2. The highest BCUT2D eigenvalue weighted by Gasteiger charge is 2.10. The number of pyridine rings is 1. The van der Waals surface area contributed by atoms with Crippen molar-refractivity contribution >= 4 is 23.3 Å². The smallest absolute Gasteiger partial charge is 0.254 e. The van der Waals surface area contributed by atoms with Gasteiger partial charge in [-0.15, -0.1) is 0 Å². The summed E-state index contributed by atoms with van der Waals surface area (Å²) < 4.78 is 0. The Morgan fingerprint density at radius 3 is 2.54 bits per heavy atom. The van der Waals surface area contributed by atoms with Crippen LogP contribution < -0.4 is 16.0 Å². The summed E-state index contributed by atoms with van der Waals surface area (Å²) in [4.78, 5) is 27.6. The zero-order valence-electron chi connectivity index (χ0n) is 13.9. The van der Waals surface area contributed by atoms with Crippen LogP contribution in [0.1, 0.15) is 35.7 Å². The molecule has 0 aliphatic carbocycles. The molecule has 0 atom stereocenters. The van der Waals surface area contributed by atoms with Crippen molar-refractivity contribution in [3.8, 4) is 0 Å². The van der Waals surface area contributed by atoms with E-state index in [0.29, 0.717) is 24.3 Å². The molecule has 0 radical (unpaired) electrons. The zero-order chi connectivity index (χ0) is 17.4. The molecule has 3 N–H and O–H groups in total. The second-order valence-electron chi connectivity index (χ2n) is 5.33. The van der Waals surface area contributed by atoms with E-state index < -0.39 is 0 Å². The first kappa shape index (κ1) is 17.5. The van der Waals surface area contributed by atoms with E-state index in [1.807, 2.05) is 31.2 Å². The molecule has 0 aliphatic rings. The lowest BCUT2D eigenvalue weighted by molar-refractivity contribution is -0.116. The molecular weight excluding hydrogens is 304 g/mol. The molecule has 2 rings (SSSR count). The fraction of sp³-hybridized carbons (Fsp3) is 0.278. The Balaban J connectivity index is 1.98. The Kier molecular flexibility index (Phi) is 6.31. The topological polar surface area (TPSA) is 83.1 Å². The summed E-state index contributed by atoms with van der Waals surface area (Å²) in [5, 5.41) is 8.61. The van der Waals surface area contributed by atoms with Gasteiger partial charge in [-0.25, -0.2) is 4.98 Å². The van der Waals surface area contributed by atoms with Crippen LogP contribution in [0.3, 0.4) is 0 Å². The number of benzene rings is 1. The quantitative estimate of drug-likeness (QED) is 0.730. The lowest BCUT2D eigenvalue weighted by Gasteiger charge is -2.10. The van der Waals surface area contributed by atoms with E-state index in [4.69, 9.17) is 0 Å². The summed E-state index contributed by atoms with van der Waals surface area (Å²) in [6.07, 6.45) is 2.98. The zero-order valence-corrected chi connectivity index (χ0v) is 13.9. The van der Waals surface area contributed by atoms with Gasteiger partial charge in [0, 0.05) is 31.9 Å². The summed E-state index contributed by atoms with van der Waals surface area (Å²) in [6.45, 7) is 2.50. The maximum atomic E-state index is 11.8. The number of rotatable bonds is 7. The summed E-state index contributed by atoms with van der Waals surface area (Å²) in [5.41, 5.74) is 2.31. The Labute approximate surface area is 141 Å². The number of carbonyl (C=O) groups excluding carboxylic acids is 2. The highest BCUT2D eigenvalue weighted by Crippen LogP contribution is 2.15. The van der Waals surface area contributed by atoms with Gasteiger partial charge in [-0.2, -0.15) is 0 Å². The third kappa shape index (κ3) is 4.81. The Morgan fingerprint density at radius 2 is 1.88 bits per heavy atom. The fourth-order valence-electron chi connectivity index (χ4n) is 2.21. The van der Waals surface area contributed by atoms with E-state index in [1.54, 1.807) is 25.4 Å². The molecular formula is C18H22N4O2. The second-order valence-corrected chi connectivity index (χ2v) is 5.33. The van der Waals surface area contributed by atoms with Crippen molar-refractivity contribution < 1.29 is 9.59 Å². The average Bonchev–Trinajstić information content (AvgIpc) is 2.61. The maximum Gasteiger partial charge on any atom is 0.254 e. The van der Waals surface area contributed by atoms with Crippen LogP contribution in [-0.4, -0.2) is 23.8 Å². The molecule has 6 heteroatoms. The summed E-state index contributed by atoms with van der Waals surface area (Å²) in [5.74, 6) is 0.379. The van der Waals surface area contributed by atoms with Crippen LogP contribution in [0.25, 0.3) is 0 Å². The number of anilines is 2. The highest BCUT2D eigenvalue weighted by atomic mass is 16.2. The molecule has 0 bridgehead atoms. The molecule has 2 amide bonds. The van der Waals surface area contributed by atoms with Crippen LogP contribution in [0, 0.1) is 0 Å². The number of nitrogens with zero attached hydrogens (tertiary/aromatic N) is 1. The van der Waals surface area contributed by atoms with E-state index in [0.717, 1.165) is 17.7 Å². The Hall–Kier alpha value is -2.89. The van der Waals surface area contributed by atoms with Crippen LogP contribution in [0.15, 0.2) is 42.6 Å². The largest absolute Gasteiger partial charge is 0.365 e. The predicted octanol–water partition coefficient (Wildman–Crippen LogP) is 2.79. The molecule has 0 saturated heterocycles. The summed E-state index contributed by atoms with van der Waals surface area (Å²) >= 11 is 0. The molecule has 0 saturated carbocycles. The first-order valence-electron chi connectivity index (χ1n) is 7.93. The minimum atomic E-state index is -0.181. The van der Waals surface area contributed by atoms with Crippen LogP contribution in [0.5, 0.6) is 0 Å². The Morgan fingerprint density at radius 1 is 1.12 bits per heavy atom. The molecule has 2 aromatic rings. The average molecular weight is 326 g/mol. The van der Waals surface area contributed by atoms with Gasteiger partial charge in [0.1, 0.15) is 5.82 Å². The lowest BCUT2D eigenvalue weighted by atomic mass is 10.2. The maximum absolute atomic E-state index is 11.8. The van der Waals surface area contributed by atoms with E-state index in [1.165, 1.54) is 0 Å². The number of hydrogen-bond donors (Lipinski definition) is 3. The van der Waals surface area contributed by atoms with E-state index in [2.05, 4.69) is 20.9 Å². The normalized spacial score (nSPS) is 10.1. The van der Waals surface area contributed by atoms with Gasteiger partial charge >= 0.3 is 0 Å². The molecule has 0 unspecified atom stereocenters. The second kappa shape index (κ2) is 8.67. The van der Waals surface area contributed by atoms with Crippen molar-refractivity contribution in [1.82, 2.24) is 10.3 Å². The van der Waals surface area contributed by atoms with Gasteiger partial charge in [0.05, 0.1) is 5.56 Å². The van der Waals surface area contributed by atoms with Gasteiger partial charge in [0.25, 0.3) is 5.91 Å². The number of carbonyl (C=O) groups is 2. The van der Waals surface area contributed by atoms with E-state index >= 15 is 0 Å². The Bertz CT molecular complexity index is 698. The molecule has 6 nitrogen and oxygen atoms in total. The van der Waals surface area contributed by atoms with E-state index in [9.17, 15) is 9.59 Å². The number of nitrogens with one attached hydrogen (secondary N) is 3. The summed E-state index contributed by atoms with van der Waals surface area (Å²) in [7, 11) is 1.59. The monoisotopic (exact) mass is 326 g/mol. The highest BCUT2D eigenvalue weighted by molar-refractivity contribution is 5.98. The molecule has 126 valence electrons. The third-order valence-corrected chi connectivity index (χ3v) is 3.45. The van der Waals surface area contributed by atoms with Gasteiger partial charge in [0.15, 0.2) is 0 Å². The van der Waals surface area contributed by atoms with Crippen molar-refractivity contribution in [3.63, 3.8) is 0 Å². The lowest BCUT2D eigenvalue weighted by Crippen LogP contribution is -2.20. The van der Waals surface area contributed by atoms with Crippen LogP contribution in [-0.2, 0) is 11.3 Å². The van der Waals surface area contributed by atoms with Gasteiger partial charge in [-0.05, 0) is 36.2 Å². The first-order chi connectivity index (χ1) is 11.6. The molecule has 0 aliphatic heterocycles. The number of aromatic nitrogens is 1. The SMILES string of the molecule is CCCC(=O)Nc1ccc(CNc2ncccc2C(=O)NC)cc1. The number of hydrogen-bond acceptors (Lipinski definition) is 4. The molecule has 1 heterocycles. The molecule has 0 spiro atoms. The van der Waals surface area contributed by atoms with Crippen molar-refractivity contribution in [2.45, 2.75) is 26.3 Å². The molecule has 1 aromatic heterocycles. The van der Waals surface area contributed by atoms with Crippen molar-refractivity contribution in [2.24, 2.45) is 0 Å². The molecule has 0 fully saturated rings. The van der Waals surface area contributed by atoms with Crippen molar-refractivity contribution in [2.75, 3.05) is 17.7 Å². The summed E-state index contributed by atoms with van der Waals surface area (Å²) in [6, 6.07) is 11.0. The molecule has 24 heavy (non-hydrogen) atoms. The minimum absolute atomic E-state index is 0.0204. The van der Waals surface area contributed by atoms with Gasteiger partial charge in [-0.3, -0.25) is 9.59 Å². The first-order valence-corrected chi connectivity index (χ1v) is 7.93.